The van der Waals surface area contributed by atoms with Crippen molar-refractivity contribution in [3.63, 3.8) is 0 Å². The summed E-state index contributed by atoms with van der Waals surface area (Å²) in [7, 11) is 0. The first-order valence-corrected chi connectivity index (χ1v) is 8.22. The second-order valence-electron chi connectivity index (χ2n) is 5.58. The fourth-order valence-electron chi connectivity index (χ4n) is 2.61. The molecule has 0 aliphatic heterocycles. The molecule has 0 spiro atoms. The van der Waals surface area contributed by atoms with Gasteiger partial charge in [0.2, 0.25) is 0 Å². The van der Waals surface area contributed by atoms with Gasteiger partial charge in [-0.2, -0.15) is 0 Å². The molecule has 0 heterocycles. The zero-order valence-electron chi connectivity index (χ0n) is 10.9. The fraction of sp³-hybridized carbons (Fsp3) is 0.600. The van der Waals surface area contributed by atoms with Crippen molar-refractivity contribution >= 4 is 27.5 Å². The molecule has 1 aromatic rings. The smallest absolute Gasteiger partial charge is 0.138 e. The summed E-state index contributed by atoms with van der Waals surface area (Å²) < 4.78 is 6.70. The third kappa shape index (κ3) is 3.87. The Labute approximate surface area is 128 Å². The fourth-order valence-corrected chi connectivity index (χ4v) is 3.34. The van der Waals surface area contributed by atoms with Gasteiger partial charge < -0.3 is 10.1 Å². The maximum absolute atomic E-state index is 6.12. The average molecular weight is 345 g/mol. The lowest BCUT2D eigenvalue weighted by molar-refractivity contribution is 0.294. The van der Waals surface area contributed by atoms with Gasteiger partial charge in [0.05, 0.1) is 5.02 Å². The molecule has 2 saturated carbocycles. The minimum absolute atomic E-state index is 0.662. The van der Waals surface area contributed by atoms with Crippen molar-refractivity contribution in [2.45, 2.75) is 31.7 Å². The minimum atomic E-state index is 0.662. The van der Waals surface area contributed by atoms with E-state index in [9.17, 15) is 0 Å². The number of benzene rings is 1. The van der Waals surface area contributed by atoms with Gasteiger partial charge >= 0.3 is 0 Å². The third-order valence-electron chi connectivity index (χ3n) is 3.89. The first-order chi connectivity index (χ1) is 9.24. The highest BCUT2D eigenvalue weighted by atomic mass is 79.9. The van der Waals surface area contributed by atoms with Crippen LogP contribution in [0.4, 0.5) is 0 Å². The topological polar surface area (TPSA) is 21.3 Å². The van der Waals surface area contributed by atoms with Crippen LogP contribution < -0.4 is 10.1 Å². The SMILES string of the molecule is Clc1cc(Br)ccc1OCCNC(C1CC1)C1CC1. The summed E-state index contributed by atoms with van der Waals surface area (Å²) in [6.07, 6.45) is 5.64. The van der Waals surface area contributed by atoms with E-state index < -0.39 is 0 Å². The maximum Gasteiger partial charge on any atom is 0.138 e. The van der Waals surface area contributed by atoms with Crippen LogP contribution in [-0.2, 0) is 0 Å². The Bertz CT molecular complexity index is 434. The molecule has 2 fully saturated rings. The van der Waals surface area contributed by atoms with Crippen LogP contribution in [0.15, 0.2) is 22.7 Å². The number of ether oxygens (including phenoxy) is 1. The normalized spacial score (nSPS) is 18.9. The lowest BCUT2D eigenvalue weighted by Gasteiger charge is -2.18. The average Bonchev–Trinajstić information content (AvgIpc) is 3.26. The Morgan fingerprint density at radius 1 is 1.26 bits per heavy atom. The maximum atomic E-state index is 6.12. The molecule has 2 nitrogen and oxygen atoms in total. The van der Waals surface area contributed by atoms with Crippen LogP contribution in [0.25, 0.3) is 0 Å². The van der Waals surface area contributed by atoms with E-state index in [1.54, 1.807) is 0 Å². The molecule has 0 radical (unpaired) electrons. The lowest BCUT2D eigenvalue weighted by Crippen LogP contribution is -2.36. The third-order valence-corrected chi connectivity index (χ3v) is 4.68. The van der Waals surface area contributed by atoms with Crippen LogP contribution in [-0.4, -0.2) is 19.2 Å². The zero-order chi connectivity index (χ0) is 13.2. The Balaban J connectivity index is 1.42. The number of halogens is 2. The molecular weight excluding hydrogens is 326 g/mol. The molecule has 0 aromatic heterocycles. The summed E-state index contributed by atoms with van der Waals surface area (Å²) in [5, 5.41) is 4.33. The molecule has 2 aliphatic carbocycles. The minimum Gasteiger partial charge on any atom is -0.491 e. The molecule has 0 amide bonds. The van der Waals surface area contributed by atoms with E-state index in [0.717, 1.165) is 34.6 Å². The van der Waals surface area contributed by atoms with Crippen molar-refractivity contribution in [1.82, 2.24) is 5.32 Å². The summed E-state index contributed by atoms with van der Waals surface area (Å²) in [6.45, 7) is 1.58. The summed E-state index contributed by atoms with van der Waals surface area (Å²) in [5.41, 5.74) is 0. The Hall–Kier alpha value is -0.250. The first-order valence-electron chi connectivity index (χ1n) is 7.05. The van der Waals surface area contributed by atoms with Gasteiger partial charge in [-0.25, -0.2) is 0 Å². The molecule has 1 aromatic carbocycles. The molecule has 3 rings (SSSR count). The van der Waals surface area contributed by atoms with Crippen molar-refractivity contribution in [3.05, 3.63) is 27.7 Å². The first kappa shape index (κ1) is 13.7. The Kier molecular flexibility index (Phi) is 4.35. The monoisotopic (exact) mass is 343 g/mol. The molecule has 0 atom stereocenters. The molecule has 2 aliphatic rings. The van der Waals surface area contributed by atoms with Crippen LogP contribution in [0.3, 0.4) is 0 Å². The molecule has 0 saturated heterocycles. The highest BCUT2D eigenvalue weighted by molar-refractivity contribution is 9.10. The molecule has 0 bridgehead atoms. The molecule has 1 N–H and O–H groups in total. The number of nitrogens with one attached hydrogen (secondary N) is 1. The molecule has 19 heavy (non-hydrogen) atoms. The van der Waals surface area contributed by atoms with Crippen LogP contribution in [0, 0.1) is 11.8 Å². The van der Waals surface area contributed by atoms with Crippen molar-refractivity contribution in [2.75, 3.05) is 13.2 Å². The van der Waals surface area contributed by atoms with Crippen molar-refractivity contribution in [1.29, 1.82) is 0 Å². The molecule has 0 unspecified atom stereocenters. The van der Waals surface area contributed by atoms with Gasteiger partial charge in [0, 0.05) is 17.1 Å². The van der Waals surface area contributed by atoms with Crippen molar-refractivity contribution in [3.8, 4) is 5.75 Å². The van der Waals surface area contributed by atoms with Crippen molar-refractivity contribution < 1.29 is 4.74 Å². The molecular formula is C15H19BrClNO. The zero-order valence-corrected chi connectivity index (χ0v) is 13.2. The van der Waals surface area contributed by atoms with Gasteiger partial charge in [0.15, 0.2) is 0 Å². The summed E-state index contributed by atoms with van der Waals surface area (Å²) in [4.78, 5) is 0. The summed E-state index contributed by atoms with van der Waals surface area (Å²) in [5.74, 6) is 2.63. The standard InChI is InChI=1S/C15H19BrClNO/c16-12-5-6-14(13(17)9-12)19-8-7-18-15(10-1-2-10)11-3-4-11/h5-6,9-11,15,18H,1-4,7-8H2. The quantitative estimate of drug-likeness (QED) is 0.746. The second kappa shape index (κ2) is 6.02. The molecule has 104 valence electrons. The summed E-state index contributed by atoms with van der Waals surface area (Å²) >= 11 is 9.51. The van der Waals surface area contributed by atoms with Gasteiger partial charge in [-0.15, -0.1) is 0 Å². The second-order valence-corrected chi connectivity index (χ2v) is 6.90. The van der Waals surface area contributed by atoms with E-state index in [-0.39, 0.29) is 0 Å². The highest BCUT2D eigenvalue weighted by Crippen LogP contribution is 2.44. The van der Waals surface area contributed by atoms with Crippen molar-refractivity contribution in [2.24, 2.45) is 11.8 Å². The number of rotatable bonds is 7. The number of hydrogen-bond donors (Lipinski definition) is 1. The largest absolute Gasteiger partial charge is 0.491 e. The van der Waals surface area contributed by atoms with Gasteiger partial charge in [0.25, 0.3) is 0 Å². The Morgan fingerprint density at radius 2 is 1.95 bits per heavy atom. The van der Waals surface area contributed by atoms with E-state index in [0.29, 0.717) is 11.6 Å². The van der Waals surface area contributed by atoms with Gasteiger partial charge in [-0.1, -0.05) is 27.5 Å². The summed E-state index contributed by atoms with van der Waals surface area (Å²) in [6, 6.07) is 6.46. The van der Waals surface area contributed by atoms with Gasteiger partial charge in [0.1, 0.15) is 12.4 Å². The lowest BCUT2D eigenvalue weighted by atomic mass is 10.1. The van der Waals surface area contributed by atoms with E-state index in [2.05, 4.69) is 21.2 Å². The molecule has 4 heteroatoms. The van der Waals surface area contributed by atoms with E-state index in [1.807, 2.05) is 18.2 Å². The Morgan fingerprint density at radius 3 is 2.53 bits per heavy atom. The predicted octanol–water partition coefficient (Wildman–Crippen LogP) is 4.26. The van der Waals surface area contributed by atoms with E-state index >= 15 is 0 Å². The van der Waals surface area contributed by atoms with Crippen LogP contribution >= 0.6 is 27.5 Å². The van der Waals surface area contributed by atoms with Crippen LogP contribution in [0.2, 0.25) is 5.02 Å². The van der Waals surface area contributed by atoms with Gasteiger partial charge in [-0.3, -0.25) is 0 Å². The van der Waals surface area contributed by atoms with E-state index in [1.165, 1.54) is 25.7 Å². The van der Waals surface area contributed by atoms with E-state index in [4.69, 9.17) is 16.3 Å². The predicted molar refractivity (Wildman–Crippen MR) is 81.9 cm³/mol. The highest BCUT2D eigenvalue weighted by Gasteiger charge is 2.40. The van der Waals surface area contributed by atoms with Gasteiger partial charge in [-0.05, 0) is 55.7 Å². The number of hydrogen-bond acceptors (Lipinski definition) is 2. The van der Waals surface area contributed by atoms with Crippen LogP contribution in [0.1, 0.15) is 25.7 Å². The van der Waals surface area contributed by atoms with Crippen LogP contribution in [0.5, 0.6) is 5.75 Å².